The summed E-state index contributed by atoms with van der Waals surface area (Å²) in [7, 11) is 0. The van der Waals surface area contributed by atoms with Crippen LogP contribution in [0.4, 0.5) is 0 Å². The van der Waals surface area contributed by atoms with Gasteiger partial charge in [0.25, 0.3) is 5.56 Å². The van der Waals surface area contributed by atoms with Crippen LogP contribution in [0.1, 0.15) is 0 Å². The van der Waals surface area contributed by atoms with E-state index in [2.05, 4.69) is 9.97 Å². The molecule has 6 heteroatoms. The molecular weight excluding hydrogens is 260 g/mol. The maximum absolute atomic E-state index is 11.9. The molecule has 0 amide bonds. The van der Waals surface area contributed by atoms with Gasteiger partial charge in [-0.25, -0.2) is 4.98 Å². The van der Waals surface area contributed by atoms with Crippen LogP contribution in [0.3, 0.4) is 0 Å². The highest BCUT2D eigenvalue weighted by Gasteiger charge is 2.13. The third kappa shape index (κ3) is 1.83. The van der Waals surface area contributed by atoms with Crippen LogP contribution in [0, 0.1) is 0 Å². The normalized spacial score (nSPS) is 10.8. The highest BCUT2D eigenvalue weighted by Crippen LogP contribution is 2.36. The molecule has 3 rings (SSSR count). The average Bonchev–Trinajstić information content (AvgIpc) is 2.43. The Bertz CT molecular complexity index is 871. The summed E-state index contributed by atoms with van der Waals surface area (Å²) in [5.74, 6) is -1.04. The first kappa shape index (κ1) is 12.0. The van der Waals surface area contributed by atoms with Gasteiger partial charge in [0.05, 0.1) is 16.5 Å². The first-order valence-electron chi connectivity index (χ1n) is 5.80. The lowest BCUT2D eigenvalue weighted by molar-refractivity contribution is 0.397. The maximum Gasteiger partial charge on any atom is 0.259 e. The highest BCUT2D eigenvalue weighted by atomic mass is 16.3. The number of aromatic hydroxyl groups is 3. The molecule has 0 saturated heterocycles. The number of hydrogen-bond acceptors (Lipinski definition) is 5. The minimum absolute atomic E-state index is 0.113. The Hall–Kier alpha value is -3.02. The highest BCUT2D eigenvalue weighted by molar-refractivity contribution is 5.80. The number of nitrogens with zero attached hydrogens (tertiary/aromatic N) is 1. The molecule has 100 valence electrons. The number of aromatic nitrogens is 2. The monoisotopic (exact) mass is 270 g/mol. The Morgan fingerprint density at radius 1 is 0.950 bits per heavy atom. The van der Waals surface area contributed by atoms with E-state index in [0.717, 1.165) is 12.1 Å². The zero-order valence-electron chi connectivity index (χ0n) is 10.2. The number of phenols is 3. The fourth-order valence-corrected chi connectivity index (χ4v) is 1.97. The summed E-state index contributed by atoms with van der Waals surface area (Å²) in [5.41, 5.74) is 0.249. The van der Waals surface area contributed by atoms with Gasteiger partial charge in [0.2, 0.25) is 0 Å². The standard InChI is InChI=1S/C14H10N2O4/c17-10-6-12(19)11(18)5-8(10)13-15-9-4-2-1-3-7(9)14(20)16-13/h1-6,17-19H,(H,15,16,20). The summed E-state index contributed by atoms with van der Waals surface area (Å²) in [6.45, 7) is 0. The summed E-state index contributed by atoms with van der Waals surface area (Å²) in [6, 6.07) is 8.90. The Kier molecular flexibility index (Phi) is 2.57. The number of nitrogens with one attached hydrogen (secondary N) is 1. The zero-order valence-corrected chi connectivity index (χ0v) is 10.2. The van der Waals surface area contributed by atoms with Crippen LogP contribution in [0.25, 0.3) is 22.3 Å². The van der Waals surface area contributed by atoms with Crippen molar-refractivity contribution in [3.8, 4) is 28.6 Å². The number of aromatic amines is 1. The number of para-hydroxylation sites is 1. The van der Waals surface area contributed by atoms with Crippen LogP contribution in [0.2, 0.25) is 0 Å². The van der Waals surface area contributed by atoms with Crippen molar-refractivity contribution in [3.63, 3.8) is 0 Å². The van der Waals surface area contributed by atoms with Gasteiger partial charge in [0.15, 0.2) is 11.5 Å². The number of hydrogen-bond donors (Lipinski definition) is 4. The molecule has 0 aliphatic carbocycles. The molecule has 1 aromatic heterocycles. The molecule has 0 fully saturated rings. The number of rotatable bonds is 1. The molecule has 3 aromatic rings. The Morgan fingerprint density at radius 3 is 2.45 bits per heavy atom. The molecule has 0 spiro atoms. The first-order chi connectivity index (χ1) is 9.56. The van der Waals surface area contributed by atoms with Gasteiger partial charge in [-0.1, -0.05) is 12.1 Å². The second-order valence-electron chi connectivity index (χ2n) is 4.29. The molecule has 0 saturated carbocycles. The van der Waals surface area contributed by atoms with E-state index in [0.29, 0.717) is 10.9 Å². The largest absolute Gasteiger partial charge is 0.507 e. The SMILES string of the molecule is O=c1[nH]c(-c2cc(O)c(O)cc2O)nc2ccccc12. The van der Waals surface area contributed by atoms with Crippen molar-refractivity contribution in [3.05, 3.63) is 46.8 Å². The van der Waals surface area contributed by atoms with Gasteiger partial charge in [-0.05, 0) is 18.2 Å². The van der Waals surface area contributed by atoms with Gasteiger partial charge >= 0.3 is 0 Å². The molecule has 4 N–H and O–H groups in total. The number of H-pyrrole nitrogens is 1. The third-order valence-electron chi connectivity index (χ3n) is 2.96. The topological polar surface area (TPSA) is 106 Å². The molecule has 0 unspecified atom stereocenters. The number of phenolic OH excluding ortho intramolecular Hbond substituents is 3. The third-order valence-corrected chi connectivity index (χ3v) is 2.96. The van der Waals surface area contributed by atoms with Gasteiger partial charge in [-0.3, -0.25) is 4.79 Å². The lowest BCUT2D eigenvalue weighted by Crippen LogP contribution is -2.09. The predicted molar refractivity (Wildman–Crippen MR) is 72.8 cm³/mol. The van der Waals surface area contributed by atoms with Crippen molar-refractivity contribution >= 4 is 10.9 Å². The van der Waals surface area contributed by atoms with Gasteiger partial charge in [-0.2, -0.15) is 0 Å². The zero-order chi connectivity index (χ0) is 14.3. The van der Waals surface area contributed by atoms with E-state index in [9.17, 15) is 20.1 Å². The molecule has 0 atom stereocenters. The van der Waals surface area contributed by atoms with Crippen molar-refractivity contribution in [2.75, 3.05) is 0 Å². The van der Waals surface area contributed by atoms with Crippen molar-refractivity contribution in [1.82, 2.24) is 9.97 Å². The van der Waals surface area contributed by atoms with Gasteiger partial charge in [0, 0.05) is 6.07 Å². The number of fused-ring (bicyclic) bond motifs is 1. The Balaban J connectivity index is 2.30. The average molecular weight is 270 g/mol. The van der Waals surface area contributed by atoms with Crippen LogP contribution in [-0.4, -0.2) is 25.3 Å². The van der Waals surface area contributed by atoms with Gasteiger partial charge < -0.3 is 20.3 Å². The molecule has 6 nitrogen and oxygen atoms in total. The van der Waals surface area contributed by atoms with E-state index >= 15 is 0 Å². The van der Waals surface area contributed by atoms with Gasteiger partial charge in [0.1, 0.15) is 11.6 Å². The molecule has 1 heterocycles. The fraction of sp³-hybridized carbons (Fsp3) is 0. The van der Waals surface area contributed by atoms with E-state index in [1.54, 1.807) is 24.3 Å². The second-order valence-corrected chi connectivity index (χ2v) is 4.29. The second kappa shape index (κ2) is 4.27. The summed E-state index contributed by atoms with van der Waals surface area (Å²) in [4.78, 5) is 18.7. The van der Waals surface area contributed by atoms with E-state index in [4.69, 9.17) is 0 Å². The maximum atomic E-state index is 11.9. The first-order valence-corrected chi connectivity index (χ1v) is 5.80. The smallest absolute Gasteiger partial charge is 0.259 e. The minimum Gasteiger partial charge on any atom is -0.507 e. The lowest BCUT2D eigenvalue weighted by Gasteiger charge is -2.07. The van der Waals surface area contributed by atoms with Gasteiger partial charge in [-0.15, -0.1) is 0 Å². The lowest BCUT2D eigenvalue weighted by atomic mass is 10.1. The van der Waals surface area contributed by atoms with Crippen LogP contribution in [0.5, 0.6) is 17.2 Å². The van der Waals surface area contributed by atoms with E-state index in [-0.39, 0.29) is 22.7 Å². The van der Waals surface area contributed by atoms with E-state index in [1.807, 2.05) is 0 Å². The summed E-state index contributed by atoms with van der Waals surface area (Å²) in [6.07, 6.45) is 0. The molecule has 2 aromatic carbocycles. The van der Waals surface area contributed by atoms with E-state index in [1.165, 1.54) is 0 Å². The summed E-state index contributed by atoms with van der Waals surface area (Å²) >= 11 is 0. The number of benzene rings is 2. The quantitative estimate of drug-likeness (QED) is 0.398. The van der Waals surface area contributed by atoms with Crippen molar-refractivity contribution in [1.29, 1.82) is 0 Å². The molecule has 0 aliphatic rings. The molecule has 20 heavy (non-hydrogen) atoms. The predicted octanol–water partition coefficient (Wildman–Crippen LogP) is 1.71. The molecule has 0 radical (unpaired) electrons. The van der Waals surface area contributed by atoms with Crippen molar-refractivity contribution in [2.24, 2.45) is 0 Å². The van der Waals surface area contributed by atoms with E-state index < -0.39 is 11.5 Å². The Labute approximate surface area is 112 Å². The molecule has 0 bridgehead atoms. The summed E-state index contributed by atoms with van der Waals surface area (Å²) in [5, 5.41) is 29.0. The van der Waals surface area contributed by atoms with Crippen molar-refractivity contribution in [2.45, 2.75) is 0 Å². The van der Waals surface area contributed by atoms with Crippen LogP contribution >= 0.6 is 0 Å². The van der Waals surface area contributed by atoms with Crippen molar-refractivity contribution < 1.29 is 15.3 Å². The minimum atomic E-state index is -0.450. The summed E-state index contributed by atoms with van der Waals surface area (Å²) < 4.78 is 0. The molecular formula is C14H10N2O4. The van der Waals surface area contributed by atoms with Crippen LogP contribution < -0.4 is 5.56 Å². The van der Waals surface area contributed by atoms with Crippen LogP contribution in [-0.2, 0) is 0 Å². The Morgan fingerprint density at radius 2 is 1.65 bits per heavy atom. The van der Waals surface area contributed by atoms with Crippen LogP contribution in [0.15, 0.2) is 41.2 Å². The molecule has 0 aliphatic heterocycles. The fourth-order valence-electron chi connectivity index (χ4n) is 1.97.